The summed E-state index contributed by atoms with van der Waals surface area (Å²) in [6.07, 6.45) is 6.66. The largest absolute Gasteiger partial charge is 0.304 e. The number of carbonyl (C=O) groups excluding carboxylic acids is 1. The highest BCUT2D eigenvalue weighted by molar-refractivity contribution is 6.09. The van der Waals surface area contributed by atoms with Crippen molar-refractivity contribution in [2.75, 3.05) is 6.54 Å². The number of hydrogen-bond donors (Lipinski definition) is 0. The number of hydrogen-bond acceptors (Lipinski definition) is 3. The Kier molecular flexibility index (Phi) is 5.16. The van der Waals surface area contributed by atoms with E-state index in [9.17, 15) is 9.18 Å². The van der Waals surface area contributed by atoms with Gasteiger partial charge in [-0.2, -0.15) is 0 Å². The van der Waals surface area contributed by atoms with Crippen LogP contribution in [0.5, 0.6) is 0 Å². The lowest BCUT2D eigenvalue weighted by molar-refractivity contribution is -0.117. The maximum atomic E-state index is 13.1. The molecule has 0 aliphatic carbocycles. The maximum absolute atomic E-state index is 13.1. The Hall–Kier alpha value is -3.45. The Labute approximate surface area is 163 Å². The van der Waals surface area contributed by atoms with E-state index in [1.165, 1.54) is 12.1 Å². The number of halogens is 1. The topological polar surface area (TPSA) is 32.7 Å². The number of dihydropyridines is 1. The summed E-state index contributed by atoms with van der Waals surface area (Å²) in [4.78, 5) is 19.2. The lowest BCUT2D eigenvalue weighted by Crippen LogP contribution is -2.33. The van der Waals surface area contributed by atoms with Crippen molar-refractivity contribution < 1.29 is 9.18 Å². The van der Waals surface area contributed by atoms with E-state index in [2.05, 4.69) is 17.0 Å². The van der Waals surface area contributed by atoms with Crippen LogP contribution in [-0.4, -0.2) is 29.5 Å². The van der Waals surface area contributed by atoms with E-state index in [4.69, 9.17) is 0 Å². The molecule has 2 aliphatic heterocycles. The summed E-state index contributed by atoms with van der Waals surface area (Å²) in [5.41, 5.74) is 3.64. The Morgan fingerprint density at radius 3 is 2.64 bits per heavy atom. The number of carbonyl (C=O) groups is 1. The SMILES string of the molecule is O=C1C2=C(C=CN(C#CCc3ccccc3)C2)C=NC1Cc1ccc(F)cc1. The van der Waals surface area contributed by atoms with Crippen molar-refractivity contribution in [2.45, 2.75) is 18.9 Å². The van der Waals surface area contributed by atoms with Crippen molar-refractivity contribution >= 4 is 12.0 Å². The summed E-state index contributed by atoms with van der Waals surface area (Å²) < 4.78 is 13.1. The van der Waals surface area contributed by atoms with Crippen molar-refractivity contribution in [1.82, 2.24) is 4.90 Å². The lowest BCUT2D eigenvalue weighted by atomic mass is 9.91. The van der Waals surface area contributed by atoms with Crippen LogP contribution in [0.1, 0.15) is 11.1 Å². The minimum atomic E-state index is -0.463. The van der Waals surface area contributed by atoms with Crippen molar-refractivity contribution in [3.05, 3.63) is 95.0 Å². The average Bonchev–Trinajstić information content (AvgIpc) is 2.73. The second kappa shape index (κ2) is 8.06. The van der Waals surface area contributed by atoms with Crippen LogP contribution in [0.15, 0.2) is 83.0 Å². The van der Waals surface area contributed by atoms with E-state index in [0.29, 0.717) is 19.4 Å². The Bertz CT molecular complexity index is 1020. The highest BCUT2D eigenvalue weighted by Crippen LogP contribution is 2.22. The van der Waals surface area contributed by atoms with Gasteiger partial charge < -0.3 is 4.90 Å². The number of benzene rings is 2. The number of ketones is 1. The predicted octanol–water partition coefficient (Wildman–Crippen LogP) is 3.72. The molecule has 28 heavy (non-hydrogen) atoms. The highest BCUT2D eigenvalue weighted by Gasteiger charge is 2.29. The first-order valence-electron chi connectivity index (χ1n) is 9.21. The second-order valence-corrected chi connectivity index (χ2v) is 6.82. The molecule has 2 aromatic carbocycles. The molecule has 138 valence electrons. The van der Waals surface area contributed by atoms with Gasteiger partial charge in [0.05, 0.1) is 6.54 Å². The maximum Gasteiger partial charge on any atom is 0.186 e. The fourth-order valence-corrected chi connectivity index (χ4v) is 3.27. The third-order valence-electron chi connectivity index (χ3n) is 4.80. The number of Topliss-reactive ketones (excluding diaryl/α,β-unsaturated/α-hetero) is 1. The van der Waals surface area contributed by atoms with Crippen molar-refractivity contribution in [2.24, 2.45) is 4.99 Å². The van der Waals surface area contributed by atoms with Crippen molar-refractivity contribution in [3.63, 3.8) is 0 Å². The van der Waals surface area contributed by atoms with Gasteiger partial charge in [-0.15, -0.1) is 0 Å². The zero-order valence-corrected chi connectivity index (χ0v) is 15.3. The van der Waals surface area contributed by atoms with Gasteiger partial charge in [0.2, 0.25) is 0 Å². The van der Waals surface area contributed by atoms with Crippen molar-refractivity contribution in [1.29, 1.82) is 0 Å². The molecule has 1 unspecified atom stereocenters. The molecular weight excluding hydrogens is 351 g/mol. The molecule has 2 aliphatic rings. The summed E-state index contributed by atoms with van der Waals surface area (Å²) in [5, 5.41) is 0. The molecule has 0 amide bonds. The third kappa shape index (κ3) is 4.10. The zero-order valence-electron chi connectivity index (χ0n) is 15.3. The molecule has 4 heteroatoms. The van der Waals surface area contributed by atoms with Crippen LogP contribution >= 0.6 is 0 Å². The Balaban J connectivity index is 1.42. The zero-order chi connectivity index (χ0) is 19.3. The van der Waals surface area contributed by atoms with Gasteiger partial charge in [-0.1, -0.05) is 48.4 Å². The van der Waals surface area contributed by atoms with Crippen molar-refractivity contribution in [3.8, 4) is 12.0 Å². The molecule has 0 saturated heterocycles. The molecule has 0 aromatic heterocycles. The smallest absolute Gasteiger partial charge is 0.186 e. The molecule has 0 saturated carbocycles. The van der Waals surface area contributed by atoms with Crippen LogP contribution in [-0.2, 0) is 17.6 Å². The summed E-state index contributed by atoms with van der Waals surface area (Å²) in [6, 6.07) is 18.9. The Morgan fingerprint density at radius 2 is 1.86 bits per heavy atom. The van der Waals surface area contributed by atoms with E-state index in [0.717, 1.165) is 22.3 Å². The molecule has 0 radical (unpaired) electrons. The van der Waals surface area contributed by atoms with Gasteiger partial charge >= 0.3 is 0 Å². The van der Waals surface area contributed by atoms with E-state index in [1.54, 1.807) is 18.3 Å². The summed E-state index contributed by atoms with van der Waals surface area (Å²) in [7, 11) is 0. The number of rotatable bonds is 3. The average molecular weight is 370 g/mol. The van der Waals surface area contributed by atoms with E-state index < -0.39 is 6.04 Å². The molecule has 0 spiro atoms. The van der Waals surface area contributed by atoms with Crippen LogP contribution in [0, 0.1) is 17.8 Å². The third-order valence-corrected chi connectivity index (χ3v) is 4.80. The second-order valence-electron chi connectivity index (χ2n) is 6.82. The van der Waals surface area contributed by atoms with Gasteiger partial charge in [-0.3, -0.25) is 9.79 Å². The molecular formula is C24H19FN2O. The standard InChI is InChI=1S/C24H19FN2O/c25-21-10-8-19(9-11-21)15-23-24(28)22-17-27(14-12-20(22)16-26-23)13-4-7-18-5-2-1-3-6-18/h1-3,5-6,8-12,14,16,23H,7,15,17H2. The fraction of sp³-hybridized carbons (Fsp3) is 0.167. The fourth-order valence-electron chi connectivity index (χ4n) is 3.27. The number of aliphatic imine (C=N–C) groups is 1. The molecule has 2 heterocycles. The molecule has 0 N–H and O–H groups in total. The summed E-state index contributed by atoms with van der Waals surface area (Å²) >= 11 is 0. The van der Waals surface area contributed by atoms with Gasteiger partial charge in [0, 0.05) is 42.4 Å². The van der Waals surface area contributed by atoms with Crippen LogP contribution in [0.3, 0.4) is 0 Å². The summed E-state index contributed by atoms with van der Waals surface area (Å²) in [6.45, 7) is 0.457. The monoisotopic (exact) mass is 370 g/mol. The minimum Gasteiger partial charge on any atom is -0.304 e. The highest BCUT2D eigenvalue weighted by atomic mass is 19.1. The first-order chi connectivity index (χ1) is 13.7. The van der Waals surface area contributed by atoms with Crippen LogP contribution < -0.4 is 0 Å². The molecule has 3 nitrogen and oxygen atoms in total. The molecule has 0 fully saturated rings. The Morgan fingerprint density at radius 1 is 1.07 bits per heavy atom. The first kappa shape index (κ1) is 17.9. The predicted molar refractivity (Wildman–Crippen MR) is 108 cm³/mol. The first-order valence-corrected chi connectivity index (χ1v) is 9.21. The van der Waals surface area contributed by atoms with E-state index in [-0.39, 0.29) is 11.6 Å². The van der Waals surface area contributed by atoms with E-state index >= 15 is 0 Å². The minimum absolute atomic E-state index is 0.0148. The van der Waals surface area contributed by atoms with Gasteiger partial charge in [-0.05, 0) is 29.3 Å². The van der Waals surface area contributed by atoms with Gasteiger partial charge in [0.15, 0.2) is 5.78 Å². The quantitative estimate of drug-likeness (QED) is 0.772. The normalized spacial score (nSPS) is 18.0. The van der Waals surface area contributed by atoms with E-state index in [1.807, 2.05) is 47.5 Å². The molecule has 4 rings (SSSR count). The van der Waals surface area contributed by atoms with Crippen LogP contribution in [0.25, 0.3) is 0 Å². The van der Waals surface area contributed by atoms with Crippen LogP contribution in [0.4, 0.5) is 4.39 Å². The van der Waals surface area contributed by atoms with Gasteiger partial charge in [0.25, 0.3) is 0 Å². The van der Waals surface area contributed by atoms with Gasteiger partial charge in [0.1, 0.15) is 11.9 Å². The van der Waals surface area contributed by atoms with Crippen LogP contribution in [0.2, 0.25) is 0 Å². The number of nitrogens with zero attached hydrogens (tertiary/aromatic N) is 2. The molecule has 2 aromatic rings. The molecule has 0 bridgehead atoms. The van der Waals surface area contributed by atoms with Gasteiger partial charge in [-0.25, -0.2) is 4.39 Å². The summed E-state index contributed by atoms with van der Waals surface area (Å²) in [5.74, 6) is 2.89. The lowest BCUT2D eigenvalue weighted by Gasteiger charge is -2.25. The molecule has 1 atom stereocenters. The number of allylic oxidation sites excluding steroid dienone is 2.